The van der Waals surface area contributed by atoms with E-state index in [1.807, 2.05) is 0 Å². The average Bonchev–Trinajstić information content (AvgIpc) is 2.41. The lowest BCUT2D eigenvalue weighted by Crippen LogP contribution is -2.10. The zero-order valence-electron chi connectivity index (χ0n) is 10.7. The highest BCUT2D eigenvalue weighted by atomic mass is 32.2. The molecule has 2 aromatic carbocycles. The molecule has 0 atom stereocenters. The predicted molar refractivity (Wildman–Crippen MR) is 76.1 cm³/mol. The van der Waals surface area contributed by atoms with Gasteiger partial charge in [0.2, 0.25) is 0 Å². The van der Waals surface area contributed by atoms with Crippen molar-refractivity contribution in [3.05, 3.63) is 42.5 Å². The smallest absolute Gasteiger partial charge is 0.339 e. The van der Waals surface area contributed by atoms with Crippen molar-refractivity contribution in [2.45, 2.75) is 4.90 Å². The summed E-state index contributed by atoms with van der Waals surface area (Å²) in [5, 5.41) is 0. The molecule has 20 heavy (non-hydrogen) atoms. The number of nitrogens with two attached hydrogens (primary N) is 2. The first-order valence-corrected chi connectivity index (χ1v) is 7.07. The maximum absolute atomic E-state index is 12.1. The molecule has 0 saturated heterocycles. The van der Waals surface area contributed by atoms with Gasteiger partial charge in [0.05, 0.1) is 18.5 Å². The lowest BCUT2D eigenvalue weighted by molar-refractivity contribution is 0.411. The minimum atomic E-state index is -3.97. The van der Waals surface area contributed by atoms with Gasteiger partial charge in [0.25, 0.3) is 0 Å². The molecule has 0 aliphatic heterocycles. The van der Waals surface area contributed by atoms with Crippen LogP contribution in [0.4, 0.5) is 11.4 Å². The van der Waals surface area contributed by atoms with Gasteiger partial charge in [0.15, 0.2) is 0 Å². The largest absolute Gasteiger partial charge is 0.497 e. The van der Waals surface area contributed by atoms with Crippen LogP contribution < -0.4 is 20.4 Å². The number of anilines is 2. The first-order valence-electron chi connectivity index (χ1n) is 5.66. The SMILES string of the molecule is COc1cccc(OS(=O)(=O)c2ccc(N)c(N)c2)c1. The second kappa shape index (κ2) is 5.30. The fourth-order valence-electron chi connectivity index (χ4n) is 1.54. The van der Waals surface area contributed by atoms with E-state index >= 15 is 0 Å². The van der Waals surface area contributed by atoms with E-state index in [1.165, 1.54) is 37.4 Å². The van der Waals surface area contributed by atoms with Crippen LogP contribution in [0.3, 0.4) is 0 Å². The van der Waals surface area contributed by atoms with Crippen molar-refractivity contribution in [1.29, 1.82) is 0 Å². The molecule has 0 saturated carbocycles. The Kier molecular flexibility index (Phi) is 3.71. The molecule has 0 aromatic heterocycles. The van der Waals surface area contributed by atoms with Gasteiger partial charge < -0.3 is 20.4 Å². The molecule has 0 aliphatic carbocycles. The highest BCUT2D eigenvalue weighted by Gasteiger charge is 2.17. The van der Waals surface area contributed by atoms with Gasteiger partial charge in [-0.25, -0.2) is 0 Å². The van der Waals surface area contributed by atoms with E-state index in [1.54, 1.807) is 12.1 Å². The summed E-state index contributed by atoms with van der Waals surface area (Å²) in [6.07, 6.45) is 0. The fraction of sp³-hybridized carbons (Fsp3) is 0.0769. The van der Waals surface area contributed by atoms with Crippen LogP contribution in [0, 0.1) is 0 Å². The Morgan fingerprint density at radius 1 is 0.950 bits per heavy atom. The third-order valence-electron chi connectivity index (χ3n) is 2.59. The van der Waals surface area contributed by atoms with E-state index in [9.17, 15) is 8.42 Å². The van der Waals surface area contributed by atoms with Crippen LogP contribution in [-0.2, 0) is 10.1 Å². The molecule has 4 N–H and O–H groups in total. The Bertz CT molecular complexity index is 729. The van der Waals surface area contributed by atoms with Gasteiger partial charge in [0.1, 0.15) is 16.4 Å². The molecular weight excluding hydrogens is 280 g/mol. The van der Waals surface area contributed by atoms with Gasteiger partial charge in [0, 0.05) is 6.07 Å². The van der Waals surface area contributed by atoms with Crippen molar-refractivity contribution < 1.29 is 17.3 Å². The summed E-state index contributed by atoms with van der Waals surface area (Å²) in [5.74, 6) is 0.647. The molecule has 0 spiro atoms. The number of hydrogen-bond donors (Lipinski definition) is 2. The number of rotatable bonds is 4. The van der Waals surface area contributed by atoms with Gasteiger partial charge in [-0.15, -0.1) is 0 Å². The minimum Gasteiger partial charge on any atom is -0.497 e. The van der Waals surface area contributed by atoms with Crippen LogP contribution in [0.2, 0.25) is 0 Å². The third-order valence-corrected chi connectivity index (χ3v) is 3.84. The number of hydrogen-bond acceptors (Lipinski definition) is 6. The van der Waals surface area contributed by atoms with Crippen molar-refractivity contribution in [1.82, 2.24) is 0 Å². The molecule has 0 fully saturated rings. The molecule has 0 radical (unpaired) electrons. The zero-order chi connectivity index (χ0) is 14.8. The second-order valence-electron chi connectivity index (χ2n) is 4.01. The Morgan fingerprint density at radius 3 is 2.30 bits per heavy atom. The number of ether oxygens (including phenoxy) is 1. The Morgan fingerprint density at radius 2 is 1.65 bits per heavy atom. The number of methoxy groups -OCH3 is 1. The number of nitrogen functional groups attached to an aromatic ring is 2. The van der Waals surface area contributed by atoms with Gasteiger partial charge in [-0.1, -0.05) is 6.07 Å². The molecule has 0 amide bonds. The van der Waals surface area contributed by atoms with Gasteiger partial charge >= 0.3 is 10.1 Å². The Labute approximate surface area is 117 Å². The molecule has 2 rings (SSSR count). The Hall–Kier alpha value is -2.41. The van der Waals surface area contributed by atoms with Crippen LogP contribution in [0.15, 0.2) is 47.4 Å². The van der Waals surface area contributed by atoms with Gasteiger partial charge in [-0.05, 0) is 30.3 Å². The van der Waals surface area contributed by atoms with E-state index in [0.29, 0.717) is 11.4 Å². The van der Waals surface area contributed by atoms with E-state index in [-0.39, 0.29) is 16.3 Å². The minimum absolute atomic E-state index is 0.0629. The molecular formula is C13H14N2O4S. The van der Waals surface area contributed by atoms with Crippen LogP contribution in [0.25, 0.3) is 0 Å². The summed E-state index contributed by atoms with van der Waals surface area (Å²) >= 11 is 0. The molecule has 2 aromatic rings. The topological polar surface area (TPSA) is 105 Å². The van der Waals surface area contributed by atoms with E-state index in [4.69, 9.17) is 20.4 Å². The van der Waals surface area contributed by atoms with Gasteiger partial charge in [-0.2, -0.15) is 8.42 Å². The molecule has 0 aliphatic rings. The van der Waals surface area contributed by atoms with Crippen LogP contribution >= 0.6 is 0 Å². The highest BCUT2D eigenvalue weighted by Crippen LogP contribution is 2.25. The lowest BCUT2D eigenvalue weighted by atomic mass is 10.3. The summed E-state index contributed by atoms with van der Waals surface area (Å²) < 4.78 is 34.2. The first kappa shape index (κ1) is 14.0. The normalized spacial score (nSPS) is 11.1. The first-order chi connectivity index (χ1) is 9.42. The molecule has 7 heteroatoms. The standard InChI is InChI=1S/C13H14N2O4S/c1-18-9-3-2-4-10(7-9)19-20(16,17)11-5-6-12(14)13(15)8-11/h2-8H,14-15H2,1H3. The average molecular weight is 294 g/mol. The van der Waals surface area contributed by atoms with Crippen molar-refractivity contribution in [2.24, 2.45) is 0 Å². The molecule has 106 valence electrons. The lowest BCUT2D eigenvalue weighted by Gasteiger charge is -2.09. The summed E-state index contributed by atoms with van der Waals surface area (Å²) in [6.45, 7) is 0. The van der Waals surface area contributed by atoms with E-state index in [2.05, 4.69) is 0 Å². The molecule has 0 unspecified atom stereocenters. The summed E-state index contributed by atoms with van der Waals surface area (Å²) in [6, 6.07) is 10.3. The molecule has 0 heterocycles. The third kappa shape index (κ3) is 2.94. The van der Waals surface area contributed by atoms with Crippen molar-refractivity contribution in [2.75, 3.05) is 18.6 Å². The quantitative estimate of drug-likeness (QED) is 0.656. The molecule has 6 nitrogen and oxygen atoms in total. The van der Waals surface area contributed by atoms with Crippen molar-refractivity contribution >= 4 is 21.5 Å². The van der Waals surface area contributed by atoms with Crippen molar-refractivity contribution in [3.8, 4) is 11.5 Å². The summed E-state index contributed by atoms with van der Waals surface area (Å²) in [4.78, 5) is -0.0629. The second-order valence-corrected chi connectivity index (χ2v) is 5.55. The summed E-state index contributed by atoms with van der Waals surface area (Å²) in [7, 11) is -2.49. The van der Waals surface area contributed by atoms with E-state index < -0.39 is 10.1 Å². The highest BCUT2D eigenvalue weighted by molar-refractivity contribution is 7.87. The van der Waals surface area contributed by atoms with E-state index in [0.717, 1.165) is 0 Å². The van der Waals surface area contributed by atoms with Crippen LogP contribution in [0.5, 0.6) is 11.5 Å². The predicted octanol–water partition coefficient (Wildman–Crippen LogP) is 1.63. The van der Waals surface area contributed by atoms with Gasteiger partial charge in [-0.3, -0.25) is 0 Å². The zero-order valence-corrected chi connectivity index (χ0v) is 11.6. The van der Waals surface area contributed by atoms with Crippen LogP contribution in [0.1, 0.15) is 0 Å². The van der Waals surface area contributed by atoms with Crippen LogP contribution in [-0.4, -0.2) is 15.5 Å². The fourth-order valence-corrected chi connectivity index (χ4v) is 2.50. The summed E-state index contributed by atoms with van der Waals surface area (Å²) in [5.41, 5.74) is 11.6. The maximum atomic E-state index is 12.1. The monoisotopic (exact) mass is 294 g/mol. The number of benzene rings is 2. The molecule has 0 bridgehead atoms. The van der Waals surface area contributed by atoms with Crippen molar-refractivity contribution in [3.63, 3.8) is 0 Å². The maximum Gasteiger partial charge on any atom is 0.339 e. The Balaban J connectivity index is 2.32.